The molecule has 0 unspecified atom stereocenters. The van der Waals surface area contributed by atoms with Crippen LogP contribution in [0.2, 0.25) is 0 Å². The molecule has 0 spiro atoms. The summed E-state index contributed by atoms with van der Waals surface area (Å²) in [5.41, 5.74) is 2.37. The van der Waals surface area contributed by atoms with Gasteiger partial charge in [0.1, 0.15) is 5.69 Å². The summed E-state index contributed by atoms with van der Waals surface area (Å²) in [5.74, 6) is -0.261. The van der Waals surface area contributed by atoms with E-state index in [4.69, 9.17) is 5.11 Å². The number of aromatic carboxylic acids is 1. The number of fused-ring (bicyclic) bond motifs is 1. The van der Waals surface area contributed by atoms with Crippen LogP contribution in [0.4, 0.5) is 5.82 Å². The number of carbonyl (C=O) groups is 2. The van der Waals surface area contributed by atoms with E-state index in [0.29, 0.717) is 5.56 Å². The van der Waals surface area contributed by atoms with Crippen molar-refractivity contribution in [3.63, 3.8) is 0 Å². The molecule has 5 rings (SSSR count). The molecule has 0 atom stereocenters. The Labute approximate surface area is 202 Å². The first-order chi connectivity index (χ1) is 16.9. The molecule has 0 aliphatic carbocycles. The number of piperidine rings is 1. The summed E-state index contributed by atoms with van der Waals surface area (Å²) in [4.78, 5) is 28.0. The highest BCUT2D eigenvalue weighted by Gasteiger charge is 2.28. The first-order valence-electron chi connectivity index (χ1n) is 11.5. The van der Waals surface area contributed by atoms with Crippen molar-refractivity contribution in [3.8, 4) is 11.4 Å². The minimum absolute atomic E-state index is 0.0887. The number of hydrogen-bond donors (Lipinski definition) is 1. The summed E-state index contributed by atoms with van der Waals surface area (Å²) in [6, 6.07) is 16.2. The molecule has 1 aliphatic heterocycles. The molecule has 1 N–H and O–H groups in total. The van der Waals surface area contributed by atoms with Crippen LogP contribution in [0.5, 0.6) is 0 Å². The third-order valence-electron chi connectivity index (χ3n) is 6.74. The largest absolute Gasteiger partial charge is 0.478 e. The maximum atomic E-state index is 13.0. The van der Waals surface area contributed by atoms with Crippen LogP contribution in [-0.4, -0.2) is 68.0 Å². The molecule has 1 saturated heterocycles. The molecule has 1 amide bonds. The average molecular weight is 471 g/mol. The maximum absolute atomic E-state index is 13.0. The Balaban J connectivity index is 1.32. The van der Waals surface area contributed by atoms with E-state index in [1.807, 2.05) is 32.3 Å². The van der Waals surface area contributed by atoms with Crippen LogP contribution in [0.25, 0.3) is 22.2 Å². The van der Waals surface area contributed by atoms with Crippen LogP contribution in [0.3, 0.4) is 0 Å². The first-order valence-corrected chi connectivity index (χ1v) is 11.5. The Hall–Kier alpha value is -4.27. The van der Waals surface area contributed by atoms with Crippen molar-refractivity contribution in [2.45, 2.75) is 18.9 Å². The van der Waals surface area contributed by atoms with E-state index in [0.717, 1.165) is 53.9 Å². The number of carbonyl (C=O) groups excluding carboxylic acids is 1. The molecule has 9 heteroatoms. The number of hydrogen-bond acceptors (Lipinski definition) is 6. The van der Waals surface area contributed by atoms with Gasteiger partial charge in [-0.1, -0.05) is 24.3 Å². The van der Waals surface area contributed by atoms with E-state index in [1.165, 1.54) is 12.1 Å². The Morgan fingerprint density at radius 1 is 0.943 bits per heavy atom. The van der Waals surface area contributed by atoms with Gasteiger partial charge in [-0.25, -0.2) is 4.79 Å². The Morgan fingerprint density at radius 2 is 1.60 bits per heavy atom. The number of anilines is 1. The van der Waals surface area contributed by atoms with Gasteiger partial charge in [0.05, 0.1) is 11.3 Å². The third kappa shape index (κ3) is 4.21. The molecule has 1 fully saturated rings. The minimum Gasteiger partial charge on any atom is -0.478 e. The number of amides is 1. The van der Waals surface area contributed by atoms with Crippen LogP contribution in [0.15, 0.2) is 60.8 Å². The second-order valence-corrected chi connectivity index (χ2v) is 8.77. The quantitative estimate of drug-likeness (QED) is 0.476. The lowest BCUT2D eigenvalue weighted by Crippen LogP contribution is -2.46. The highest BCUT2D eigenvalue weighted by Crippen LogP contribution is 2.32. The highest BCUT2D eigenvalue weighted by atomic mass is 16.4. The van der Waals surface area contributed by atoms with Gasteiger partial charge in [0.15, 0.2) is 5.82 Å². The third-order valence-corrected chi connectivity index (χ3v) is 6.74. The van der Waals surface area contributed by atoms with Crippen LogP contribution in [0.1, 0.15) is 33.6 Å². The van der Waals surface area contributed by atoms with Crippen molar-refractivity contribution < 1.29 is 14.7 Å². The Kier molecular flexibility index (Phi) is 5.90. The van der Waals surface area contributed by atoms with Crippen LogP contribution >= 0.6 is 0 Å². The predicted octanol–water partition coefficient (Wildman–Crippen LogP) is 3.47. The zero-order valence-corrected chi connectivity index (χ0v) is 19.6. The molecule has 0 radical (unpaired) electrons. The van der Waals surface area contributed by atoms with Gasteiger partial charge in [0.2, 0.25) is 0 Å². The summed E-state index contributed by atoms with van der Waals surface area (Å²) < 4.78 is 1.80. The summed E-state index contributed by atoms with van der Waals surface area (Å²) in [7, 11) is 3.70. The topological polar surface area (TPSA) is 104 Å². The smallest absolute Gasteiger partial charge is 0.335 e. The molecule has 35 heavy (non-hydrogen) atoms. The first kappa shape index (κ1) is 22.5. The number of aromatic nitrogens is 4. The van der Waals surface area contributed by atoms with Gasteiger partial charge in [0.25, 0.3) is 5.91 Å². The maximum Gasteiger partial charge on any atom is 0.335 e. The van der Waals surface area contributed by atoms with Gasteiger partial charge in [-0.05, 0) is 43.2 Å². The van der Waals surface area contributed by atoms with E-state index in [2.05, 4.69) is 32.3 Å². The monoisotopic (exact) mass is 470 g/mol. The van der Waals surface area contributed by atoms with Gasteiger partial charge < -0.3 is 14.9 Å². The number of nitrogens with zero attached hydrogens (tertiary/aromatic N) is 6. The number of benzene rings is 2. The summed E-state index contributed by atoms with van der Waals surface area (Å²) in [6.45, 7) is 1.51. The number of carboxylic acids is 1. The van der Waals surface area contributed by atoms with E-state index in [1.54, 1.807) is 27.9 Å². The van der Waals surface area contributed by atoms with Crippen molar-refractivity contribution in [2.75, 3.05) is 25.0 Å². The average Bonchev–Trinajstić information content (AvgIpc) is 3.32. The van der Waals surface area contributed by atoms with Crippen LogP contribution in [-0.2, 0) is 7.05 Å². The molecule has 2 aromatic carbocycles. The molecule has 3 heterocycles. The molecule has 1 aliphatic rings. The molecule has 0 bridgehead atoms. The number of rotatable bonds is 5. The van der Waals surface area contributed by atoms with Crippen molar-refractivity contribution >= 4 is 28.5 Å². The van der Waals surface area contributed by atoms with Crippen LogP contribution < -0.4 is 4.90 Å². The van der Waals surface area contributed by atoms with Crippen molar-refractivity contribution in [1.82, 2.24) is 24.9 Å². The number of carboxylic acid groups (broad SMARTS) is 1. The molecular weight excluding hydrogens is 444 g/mol. The fourth-order valence-corrected chi connectivity index (χ4v) is 4.71. The molecular formula is C26H26N6O3. The van der Waals surface area contributed by atoms with Crippen molar-refractivity contribution in [2.24, 2.45) is 7.05 Å². The predicted molar refractivity (Wildman–Crippen MR) is 132 cm³/mol. The summed E-state index contributed by atoms with van der Waals surface area (Å²) in [6.07, 6.45) is 3.35. The highest BCUT2D eigenvalue weighted by molar-refractivity contribution is 6.00. The molecule has 178 valence electrons. The lowest BCUT2D eigenvalue weighted by molar-refractivity contribution is 0.0688. The lowest BCUT2D eigenvalue weighted by Gasteiger charge is -2.37. The van der Waals surface area contributed by atoms with E-state index >= 15 is 0 Å². The lowest BCUT2D eigenvalue weighted by atomic mass is 10.0. The van der Waals surface area contributed by atoms with E-state index < -0.39 is 5.97 Å². The SMILES string of the molecule is CN(C(=O)c1ccc(C(=O)O)cc1)C1CCN(c2nnc(-c3ccnn3C)c3ccccc23)CC1. The van der Waals surface area contributed by atoms with Gasteiger partial charge in [-0.3, -0.25) is 9.48 Å². The minimum atomic E-state index is -1.01. The molecule has 2 aromatic heterocycles. The summed E-state index contributed by atoms with van der Waals surface area (Å²) in [5, 5.41) is 24.6. The van der Waals surface area contributed by atoms with Crippen molar-refractivity contribution in [3.05, 3.63) is 71.9 Å². The fraction of sp³-hybridized carbons (Fsp3) is 0.269. The van der Waals surface area contributed by atoms with E-state index in [9.17, 15) is 9.59 Å². The second kappa shape index (κ2) is 9.17. The van der Waals surface area contributed by atoms with Gasteiger partial charge in [-0.2, -0.15) is 5.10 Å². The molecule has 0 saturated carbocycles. The normalized spacial score (nSPS) is 14.3. The standard InChI is InChI=1S/C26H26N6O3/c1-30(25(33)17-7-9-18(10-8-17)26(34)35)19-12-15-32(16-13-19)24-21-6-4-3-5-20(21)23(28-29-24)22-11-14-27-31(22)2/h3-11,14,19H,12-13,15-16H2,1-2H3,(H,34,35). The zero-order valence-electron chi connectivity index (χ0n) is 19.6. The van der Waals surface area contributed by atoms with Gasteiger partial charge in [-0.15, -0.1) is 10.2 Å². The van der Waals surface area contributed by atoms with Crippen LogP contribution in [0, 0.1) is 0 Å². The Bertz CT molecular complexity index is 1390. The van der Waals surface area contributed by atoms with Gasteiger partial charge >= 0.3 is 5.97 Å². The van der Waals surface area contributed by atoms with Gasteiger partial charge in [0, 0.05) is 55.8 Å². The number of aryl methyl sites for hydroxylation is 1. The Morgan fingerprint density at radius 3 is 2.23 bits per heavy atom. The second-order valence-electron chi connectivity index (χ2n) is 8.77. The molecule has 9 nitrogen and oxygen atoms in total. The fourth-order valence-electron chi connectivity index (χ4n) is 4.71. The van der Waals surface area contributed by atoms with E-state index in [-0.39, 0.29) is 17.5 Å². The summed E-state index contributed by atoms with van der Waals surface area (Å²) >= 11 is 0. The zero-order chi connectivity index (χ0) is 24.5. The molecule has 4 aromatic rings. The van der Waals surface area contributed by atoms with Crippen molar-refractivity contribution in [1.29, 1.82) is 0 Å².